The van der Waals surface area contributed by atoms with Crippen LogP contribution in [-0.4, -0.2) is 17.0 Å². The molecular weight excluding hydrogens is 310 g/mol. The Labute approximate surface area is 150 Å². The predicted molar refractivity (Wildman–Crippen MR) is 104 cm³/mol. The summed E-state index contributed by atoms with van der Waals surface area (Å²) in [5, 5.41) is 1.86. The summed E-state index contributed by atoms with van der Waals surface area (Å²) in [5.74, 6) is -0.112. The van der Waals surface area contributed by atoms with Crippen molar-refractivity contribution >= 4 is 17.7 Å². The van der Waals surface area contributed by atoms with Gasteiger partial charge in [0.05, 0.1) is 5.69 Å². The maximum absolute atomic E-state index is 12.3. The third-order valence-electron chi connectivity index (χ3n) is 4.76. The third-order valence-corrected chi connectivity index (χ3v) is 4.76. The first-order valence-corrected chi connectivity index (χ1v) is 9.01. The topological polar surface area (TPSA) is 37.3 Å². The summed E-state index contributed by atoms with van der Waals surface area (Å²) in [7, 11) is 0. The van der Waals surface area contributed by atoms with Gasteiger partial charge in [-0.3, -0.25) is 15.2 Å². The molecule has 1 fully saturated rings. The minimum Gasteiger partial charge on any atom is -0.346 e. The summed E-state index contributed by atoms with van der Waals surface area (Å²) in [6.45, 7) is 9.05. The Kier molecular flexibility index (Phi) is 4.98. The molecule has 0 radical (unpaired) electrons. The number of benzene rings is 1. The van der Waals surface area contributed by atoms with Gasteiger partial charge in [-0.05, 0) is 70.4 Å². The largest absolute Gasteiger partial charge is 0.346 e. The summed E-state index contributed by atoms with van der Waals surface area (Å²) in [6.07, 6.45) is 6.07. The molecule has 0 bridgehead atoms. The lowest BCUT2D eigenvalue weighted by Crippen LogP contribution is -2.41. The normalized spacial score (nSPS) is 14.1. The minimum absolute atomic E-state index is 0.112. The van der Waals surface area contributed by atoms with E-state index in [4.69, 9.17) is 0 Å². The second kappa shape index (κ2) is 7.18. The van der Waals surface area contributed by atoms with Gasteiger partial charge in [0, 0.05) is 30.1 Å². The van der Waals surface area contributed by atoms with E-state index in [9.17, 15) is 4.79 Å². The number of aromatic nitrogens is 1. The molecule has 3 rings (SSSR count). The van der Waals surface area contributed by atoms with Crippen molar-refractivity contribution in [3.05, 3.63) is 58.9 Å². The number of hydrogen-bond acceptors (Lipinski definition) is 2. The number of hydrazine groups is 1. The van der Waals surface area contributed by atoms with Crippen molar-refractivity contribution in [3.63, 3.8) is 0 Å². The fraction of sp³-hybridized carbons (Fsp3) is 0.381. The number of carbonyl (C=O) groups is 1. The van der Waals surface area contributed by atoms with E-state index in [0.717, 1.165) is 11.3 Å². The highest BCUT2D eigenvalue weighted by Crippen LogP contribution is 2.38. The highest BCUT2D eigenvalue weighted by Gasteiger charge is 2.26. The van der Waals surface area contributed by atoms with Crippen LogP contribution in [0, 0.1) is 20.8 Å². The maximum atomic E-state index is 12.3. The van der Waals surface area contributed by atoms with E-state index in [1.807, 2.05) is 42.3 Å². The fourth-order valence-electron chi connectivity index (χ4n) is 3.25. The molecule has 1 amide bonds. The first-order valence-electron chi connectivity index (χ1n) is 9.01. The Hall–Kier alpha value is -2.49. The van der Waals surface area contributed by atoms with Gasteiger partial charge in [-0.2, -0.15) is 0 Å². The molecule has 1 heterocycles. The van der Waals surface area contributed by atoms with E-state index < -0.39 is 0 Å². The molecule has 0 unspecified atom stereocenters. The van der Waals surface area contributed by atoms with Crippen LogP contribution in [0.1, 0.15) is 48.3 Å². The van der Waals surface area contributed by atoms with Crippen molar-refractivity contribution in [2.75, 3.05) is 11.6 Å². The molecule has 0 spiro atoms. The van der Waals surface area contributed by atoms with Crippen molar-refractivity contribution in [1.82, 2.24) is 9.99 Å². The van der Waals surface area contributed by atoms with Crippen LogP contribution in [0.2, 0.25) is 0 Å². The lowest BCUT2D eigenvalue weighted by atomic mass is 10.2. The standard InChI is InChI=1S/C21H27N3O/c1-5-23(19-9-6-15(2)7-10-19)22-21(25)13-8-18-14-16(3)24(17(18)4)20-11-12-20/h6-10,13-14,20H,5,11-12H2,1-4H3,(H,22,25)/b13-8+. The fourth-order valence-corrected chi connectivity index (χ4v) is 3.25. The first kappa shape index (κ1) is 17.3. The van der Waals surface area contributed by atoms with Crippen LogP contribution in [0.25, 0.3) is 6.08 Å². The second-order valence-electron chi connectivity index (χ2n) is 6.82. The predicted octanol–water partition coefficient (Wildman–Crippen LogP) is 4.32. The highest BCUT2D eigenvalue weighted by atomic mass is 16.2. The van der Waals surface area contributed by atoms with E-state index in [-0.39, 0.29) is 5.91 Å². The number of amides is 1. The lowest BCUT2D eigenvalue weighted by Gasteiger charge is -2.23. The summed E-state index contributed by atoms with van der Waals surface area (Å²) in [4.78, 5) is 12.3. The van der Waals surface area contributed by atoms with Gasteiger partial charge in [-0.1, -0.05) is 17.7 Å². The molecule has 2 aromatic rings. The smallest absolute Gasteiger partial charge is 0.262 e. The number of nitrogens with one attached hydrogen (secondary N) is 1. The monoisotopic (exact) mass is 337 g/mol. The van der Waals surface area contributed by atoms with Crippen molar-refractivity contribution in [3.8, 4) is 0 Å². The summed E-state index contributed by atoms with van der Waals surface area (Å²) < 4.78 is 2.39. The molecule has 4 heteroatoms. The van der Waals surface area contributed by atoms with Crippen molar-refractivity contribution in [2.45, 2.75) is 46.6 Å². The van der Waals surface area contributed by atoms with Gasteiger partial charge < -0.3 is 4.57 Å². The Bertz CT molecular complexity index is 782. The van der Waals surface area contributed by atoms with E-state index in [1.54, 1.807) is 6.08 Å². The summed E-state index contributed by atoms with van der Waals surface area (Å²) >= 11 is 0. The lowest BCUT2D eigenvalue weighted by molar-refractivity contribution is -0.116. The third kappa shape index (κ3) is 3.95. The zero-order valence-electron chi connectivity index (χ0n) is 15.5. The zero-order chi connectivity index (χ0) is 18.0. The second-order valence-corrected chi connectivity index (χ2v) is 6.82. The van der Waals surface area contributed by atoms with Gasteiger partial charge in [-0.15, -0.1) is 0 Å². The van der Waals surface area contributed by atoms with E-state index in [2.05, 4.69) is 36.8 Å². The molecule has 1 aromatic heterocycles. The number of nitrogens with zero attached hydrogens (tertiary/aromatic N) is 2. The molecular formula is C21H27N3O. The van der Waals surface area contributed by atoms with Crippen molar-refractivity contribution in [1.29, 1.82) is 0 Å². The van der Waals surface area contributed by atoms with Crippen LogP contribution in [0.15, 0.2) is 36.4 Å². The zero-order valence-corrected chi connectivity index (χ0v) is 15.5. The molecule has 132 valence electrons. The minimum atomic E-state index is -0.112. The number of anilines is 1. The van der Waals surface area contributed by atoms with Gasteiger partial charge in [0.15, 0.2) is 0 Å². The van der Waals surface area contributed by atoms with Crippen LogP contribution in [0.5, 0.6) is 0 Å². The van der Waals surface area contributed by atoms with Gasteiger partial charge in [0.2, 0.25) is 0 Å². The van der Waals surface area contributed by atoms with Gasteiger partial charge >= 0.3 is 0 Å². The molecule has 1 aromatic carbocycles. The van der Waals surface area contributed by atoms with Crippen LogP contribution in [0.4, 0.5) is 5.69 Å². The Balaban J connectivity index is 1.68. The average Bonchev–Trinajstić information content (AvgIpc) is 3.38. The van der Waals surface area contributed by atoms with E-state index in [1.165, 1.54) is 29.8 Å². The molecule has 1 saturated carbocycles. The van der Waals surface area contributed by atoms with E-state index in [0.29, 0.717) is 12.6 Å². The quantitative estimate of drug-likeness (QED) is 0.630. The van der Waals surface area contributed by atoms with Crippen LogP contribution >= 0.6 is 0 Å². The van der Waals surface area contributed by atoms with Crippen LogP contribution in [-0.2, 0) is 4.79 Å². The Morgan fingerprint density at radius 1 is 1.24 bits per heavy atom. The molecule has 1 N–H and O–H groups in total. The van der Waals surface area contributed by atoms with Crippen molar-refractivity contribution < 1.29 is 4.79 Å². The first-order chi connectivity index (χ1) is 12.0. The highest BCUT2D eigenvalue weighted by molar-refractivity contribution is 5.92. The molecule has 0 aliphatic heterocycles. The number of hydrogen-bond donors (Lipinski definition) is 1. The van der Waals surface area contributed by atoms with Crippen molar-refractivity contribution in [2.24, 2.45) is 0 Å². The number of aryl methyl sites for hydroxylation is 2. The molecule has 1 aliphatic rings. The maximum Gasteiger partial charge on any atom is 0.262 e. The molecule has 25 heavy (non-hydrogen) atoms. The van der Waals surface area contributed by atoms with Crippen LogP contribution < -0.4 is 10.4 Å². The number of rotatable bonds is 6. The van der Waals surface area contributed by atoms with E-state index >= 15 is 0 Å². The van der Waals surface area contributed by atoms with Gasteiger partial charge in [-0.25, -0.2) is 0 Å². The SMILES string of the molecule is CCN(NC(=O)/C=C/c1cc(C)n(C2CC2)c1C)c1ccc(C)cc1. The Morgan fingerprint density at radius 3 is 2.52 bits per heavy atom. The molecule has 0 saturated heterocycles. The van der Waals surface area contributed by atoms with Gasteiger partial charge in [0.25, 0.3) is 5.91 Å². The van der Waals surface area contributed by atoms with Crippen LogP contribution in [0.3, 0.4) is 0 Å². The summed E-state index contributed by atoms with van der Waals surface area (Å²) in [6, 6.07) is 11.0. The molecule has 4 nitrogen and oxygen atoms in total. The Morgan fingerprint density at radius 2 is 1.92 bits per heavy atom. The average molecular weight is 337 g/mol. The molecule has 0 atom stereocenters. The summed E-state index contributed by atoms with van der Waals surface area (Å²) in [5.41, 5.74) is 8.78. The van der Waals surface area contributed by atoms with Gasteiger partial charge in [0.1, 0.15) is 0 Å². The number of carbonyl (C=O) groups excluding carboxylic acids is 1. The molecule has 1 aliphatic carbocycles.